The molecule has 1 amide bonds. The first kappa shape index (κ1) is 22.6. The van der Waals surface area contributed by atoms with E-state index in [1.54, 1.807) is 35.4 Å². The number of pyridine rings is 2. The molecule has 0 N–H and O–H groups in total. The molecule has 5 rings (SSSR count). The van der Waals surface area contributed by atoms with Crippen molar-refractivity contribution in [1.82, 2.24) is 24.4 Å². The molecule has 1 aromatic carbocycles. The van der Waals surface area contributed by atoms with Crippen LogP contribution >= 0.6 is 0 Å². The molecule has 0 radical (unpaired) electrons. The standard InChI is InChI=1S/C26H25FN6O2/c1-3-31-15-21(24(34)20-9-4-17(2)30-25(20)31)26(35)33-12-10-32(11-13-33)23-14-22(28-16-29-23)18-5-7-19(27)8-6-18/h4-9,14-16H,3,10-13H2,1-2H3. The number of piperazine rings is 1. The molecule has 1 aliphatic heterocycles. The van der Waals surface area contributed by atoms with E-state index < -0.39 is 0 Å². The van der Waals surface area contributed by atoms with Gasteiger partial charge in [0, 0.05) is 56.2 Å². The number of rotatable bonds is 4. The lowest BCUT2D eigenvalue weighted by atomic mass is 10.1. The lowest BCUT2D eigenvalue weighted by molar-refractivity contribution is 0.0744. The molecule has 0 atom stereocenters. The highest BCUT2D eigenvalue weighted by Crippen LogP contribution is 2.22. The molecule has 0 aliphatic carbocycles. The molecule has 35 heavy (non-hydrogen) atoms. The Bertz CT molecular complexity index is 1460. The second kappa shape index (κ2) is 9.25. The van der Waals surface area contributed by atoms with E-state index in [0.29, 0.717) is 49.5 Å². The molecule has 0 spiro atoms. The summed E-state index contributed by atoms with van der Waals surface area (Å²) in [7, 11) is 0. The van der Waals surface area contributed by atoms with Crippen LogP contribution in [-0.2, 0) is 6.54 Å². The number of anilines is 1. The molecule has 0 bridgehead atoms. The molecule has 4 aromatic rings. The SMILES string of the molecule is CCn1cc(C(=O)N2CCN(c3cc(-c4ccc(F)cc4)ncn3)CC2)c(=O)c2ccc(C)nc21. The highest BCUT2D eigenvalue weighted by atomic mass is 19.1. The summed E-state index contributed by atoms with van der Waals surface area (Å²) in [4.78, 5) is 43.4. The first-order valence-electron chi connectivity index (χ1n) is 11.6. The lowest BCUT2D eigenvalue weighted by Crippen LogP contribution is -2.49. The molecular weight excluding hydrogens is 447 g/mol. The van der Waals surface area contributed by atoms with Crippen LogP contribution in [0.3, 0.4) is 0 Å². The Morgan fingerprint density at radius 2 is 1.77 bits per heavy atom. The van der Waals surface area contributed by atoms with Gasteiger partial charge < -0.3 is 14.4 Å². The summed E-state index contributed by atoms with van der Waals surface area (Å²) < 4.78 is 15.1. The van der Waals surface area contributed by atoms with Crippen molar-refractivity contribution in [2.24, 2.45) is 0 Å². The average Bonchev–Trinajstić information content (AvgIpc) is 2.89. The molecule has 0 unspecified atom stereocenters. The van der Waals surface area contributed by atoms with Gasteiger partial charge in [-0.05, 0) is 50.2 Å². The zero-order valence-electron chi connectivity index (χ0n) is 19.6. The summed E-state index contributed by atoms with van der Waals surface area (Å²) in [6.07, 6.45) is 3.12. The van der Waals surface area contributed by atoms with Crippen LogP contribution in [0.4, 0.5) is 10.2 Å². The van der Waals surface area contributed by atoms with Crippen LogP contribution in [0.1, 0.15) is 23.0 Å². The van der Waals surface area contributed by atoms with E-state index in [2.05, 4.69) is 19.9 Å². The number of aryl methyl sites for hydroxylation is 2. The molecule has 3 aromatic heterocycles. The third-order valence-corrected chi connectivity index (χ3v) is 6.32. The fourth-order valence-electron chi connectivity index (χ4n) is 4.36. The number of fused-ring (bicyclic) bond motifs is 1. The molecule has 4 heterocycles. The van der Waals surface area contributed by atoms with Crippen molar-refractivity contribution in [1.29, 1.82) is 0 Å². The van der Waals surface area contributed by atoms with E-state index in [-0.39, 0.29) is 22.7 Å². The minimum atomic E-state index is -0.299. The van der Waals surface area contributed by atoms with Crippen molar-refractivity contribution < 1.29 is 9.18 Å². The van der Waals surface area contributed by atoms with Crippen molar-refractivity contribution >= 4 is 22.8 Å². The van der Waals surface area contributed by atoms with Gasteiger partial charge >= 0.3 is 0 Å². The number of carbonyl (C=O) groups is 1. The first-order valence-corrected chi connectivity index (χ1v) is 11.6. The van der Waals surface area contributed by atoms with Gasteiger partial charge in [-0.3, -0.25) is 9.59 Å². The number of benzene rings is 1. The van der Waals surface area contributed by atoms with Crippen LogP contribution in [0.2, 0.25) is 0 Å². The van der Waals surface area contributed by atoms with Crippen LogP contribution in [0, 0.1) is 12.7 Å². The summed E-state index contributed by atoms with van der Waals surface area (Å²) in [5, 5.41) is 0.455. The smallest absolute Gasteiger partial charge is 0.259 e. The van der Waals surface area contributed by atoms with Crippen LogP contribution < -0.4 is 10.3 Å². The van der Waals surface area contributed by atoms with Crippen molar-refractivity contribution in [2.45, 2.75) is 20.4 Å². The zero-order valence-corrected chi connectivity index (χ0v) is 19.6. The van der Waals surface area contributed by atoms with Gasteiger partial charge in [0.2, 0.25) is 5.43 Å². The second-order valence-electron chi connectivity index (χ2n) is 8.53. The van der Waals surface area contributed by atoms with E-state index in [0.717, 1.165) is 17.1 Å². The molecule has 1 aliphatic rings. The number of aromatic nitrogens is 4. The summed E-state index contributed by atoms with van der Waals surface area (Å²) >= 11 is 0. The number of hydrogen-bond acceptors (Lipinski definition) is 6. The maximum atomic E-state index is 13.3. The second-order valence-corrected chi connectivity index (χ2v) is 8.53. The topological polar surface area (TPSA) is 84.2 Å². The predicted molar refractivity (Wildman–Crippen MR) is 132 cm³/mol. The van der Waals surface area contributed by atoms with Crippen molar-refractivity contribution in [3.05, 3.63) is 82.3 Å². The van der Waals surface area contributed by atoms with Gasteiger partial charge in [-0.15, -0.1) is 0 Å². The highest BCUT2D eigenvalue weighted by Gasteiger charge is 2.26. The monoisotopic (exact) mass is 472 g/mol. The lowest BCUT2D eigenvalue weighted by Gasteiger charge is -2.35. The predicted octanol–water partition coefficient (Wildman–Crippen LogP) is 3.28. The van der Waals surface area contributed by atoms with Crippen molar-refractivity contribution in [3.63, 3.8) is 0 Å². The molecule has 0 saturated carbocycles. The largest absolute Gasteiger partial charge is 0.353 e. The van der Waals surface area contributed by atoms with Gasteiger partial charge in [0.25, 0.3) is 5.91 Å². The number of hydrogen-bond donors (Lipinski definition) is 0. The Morgan fingerprint density at radius 3 is 2.49 bits per heavy atom. The molecular formula is C26H25FN6O2. The van der Waals surface area contributed by atoms with E-state index in [1.807, 2.05) is 24.5 Å². The van der Waals surface area contributed by atoms with Crippen molar-refractivity contribution in [2.75, 3.05) is 31.1 Å². The van der Waals surface area contributed by atoms with Gasteiger partial charge in [-0.25, -0.2) is 19.3 Å². The minimum Gasteiger partial charge on any atom is -0.353 e. The van der Waals surface area contributed by atoms with Gasteiger partial charge in [0.05, 0.1) is 11.1 Å². The van der Waals surface area contributed by atoms with E-state index >= 15 is 0 Å². The third kappa shape index (κ3) is 4.37. The number of halogens is 1. The van der Waals surface area contributed by atoms with Crippen molar-refractivity contribution in [3.8, 4) is 11.3 Å². The molecule has 1 saturated heterocycles. The van der Waals surface area contributed by atoms with Gasteiger partial charge in [-0.1, -0.05) is 0 Å². The third-order valence-electron chi connectivity index (χ3n) is 6.32. The molecule has 1 fully saturated rings. The molecule has 8 nitrogen and oxygen atoms in total. The van der Waals surface area contributed by atoms with Crippen LogP contribution in [-0.4, -0.2) is 56.5 Å². The summed E-state index contributed by atoms with van der Waals surface area (Å²) in [5.41, 5.74) is 2.80. The van der Waals surface area contributed by atoms with Gasteiger partial charge in [0.15, 0.2) is 0 Å². The minimum absolute atomic E-state index is 0.166. The molecule has 178 valence electrons. The Hall–Kier alpha value is -4.14. The number of carbonyl (C=O) groups excluding carboxylic acids is 1. The fraction of sp³-hybridized carbons (Fsp3) is 0.269. The fourth-order valence-corrected chi connectivity index (χ4v) is 4.36. The summed E-state index contributed by atoms with van der Waals surface area (Å²) in [5.74, 6) is 0.174. The Kier molecular flexibility index (Phi) is 5.98. The number of nitrogens with zero attached hydrogens (tertiary/aromatic N) is 6. The Morgan fingerprint density at radius 1 is 1.03 bits per heavy atom. The maximum Gasteiger partial charge on any atom is 0.259 e. The van der Waals surface area contributed by atoms with Gasteiger partial charge in [-0.2, -0.15) is 0 Å². The van der Waals surface area contributed by atoms with Crippen LogP contribution in [0.15, 0.2) is 59.8 Å². The van der Waals surface area contributed by atoms with Crippen LogP contribution in [0.25, 0.3) is 22.3 Å². The van der Waals surface area contributed by atoms with E-state index in [4.69, 9.17) is 0 Å². The zero-order chi connectivity index (χ0) is 24.5. The summed E-state index contributed by atoms with van der Waals surface area (Å²) in [6.45, 7) is 6.51. The average molecular weight is 473 g/mol. The summed E-state index contributed by atoms with van der Waals surface area (Å²) in [6, 6.07) is 11.6. The maximum absolute atomic E-state index is 13.3. The van der Waals surface area contributed by atoms with Gasteiger partial charge in [0.1, 0.15) is 29.2 Å². The van der Waals surface area contributed by atoms with E-state index in [1.165, 1.54) is 18.5 Å². The molecule has 9 heteroatoms. The quantitative estimate of drug-likeness (QED) is 0.453. The number of amides is 1. The van der Waals surface area contributed by atoms with Crippen LogP contribution in [0.5, 0.6) is 0 Å². The van der Waals surface area contributed by atoms with E-state index in [9.17, 15) is 14.0 Å². The normalized spacial score (nSPS) is 13.9. The Labute approximate surface area is 201 Å². The first-order chi connectivity index (χ1) is 16.9. The Balaban J connectivity index is 1.34. The highest BCUT2D eigenvalue weighted by molar-refractivity contribution is 5.97.